The molecule has 3 aromatic rings. The van der Waals surface area contributed by atoms with E-state index in [0.717, 1.165) is 11.6 Å². The number of amides is 1. The van der Waals surface area contributed by atoms with Gasteiger partial charge < -0.3 is 14.4 Å². The highest BCUT2D eigenvalue weighted by atomic mass is 35.5. The van der Waals surface area contributed by atoms with Crippen LogP contribution in [0.15, 0.2) is 66.7 Å². The van der Waals surface area contributed by atoms with Crippen LogP contribution in [0.3, 0.4) is 0 Å². The average molecular weight is 530 g/mol. The van der Waals surface area contributed by atoms with Crippen LogP contribution in [-0.4, -0.2) is 36.5 Å². The highest BCUT2D eigenvalue weighted by Crippen LogP contribution is 2.34. The molecule has 1 aliphatic rings. The van der Waals surface area contributed by atoms with Gasteiger partial charge in [-0.25, -0.2) is 4.39 Å². The lowest BCUT2D eigenvalue weighted by Gasteiger charge is -2.31. The predicted octanol–water partition coefficient (Wildman–Crippen LogP) is 6.72. The van der Waals surface area contributed by atoms with E-state index in [2.05, 4.69) is 0 Å². The molecule has 2 atom stereocenters. The van der Waals surface area contributed by atoms with Gasteiger partial charge in [-0.05, 0) is 61.7 Å². The molecule has 4 rings (SSSR count). The zero-order valence-electron chi connectivity index (χ0n) is 19.8. The van der Waals surface area contributed by atoms with Crippen molar-refractivity contribution in [1.82, 2.24) is 4.90 Å². The van der Waals surface area contributed by atoms with Crippen LogP contribution in [0.25, 0.3) is 0 Å². The van der Waals surface area contributed by atoms with Crippen molar-refractivity contribution in [2.45, 2.75) is 25.9 Å². The van der Waals surface area contributed by atoms with Crippen LogP contribution >= 0.6 is 23.2 Å². The molecule has 3 aromatic carbocycles. The third-order valence-electron chi connectivity index (χ3n) is 6.11. The van der Waals surface area contributed by atoms with Crippen LogP contribution in [-0.2, 0) is 9.53 Å². The maximum atomic E-state index is 15.2. The van der Waals surface area contributed by atoms with Crippen LogP contribution < -0.4 is 4.74 Å². The first-order valence-electron chi connectivity index (χ1n) is 11.8. The van der Waals surface area contributed by atoms with Gasteiger partial charge in [0.25, 0.3) is 5.91 Å². The molecular weight excluding hydrogens is 504 g/mol. The lowest BCUT2D eigenvalue weighted by atomic mass is 9.97. The van der Waals surface area contributed by atoms with E-state index in [1.54, 1.807) is 48.2 Å². The second-order valence-corrected chi connectivity index (χ2v) is 9.40. The van der Waals surface area contributed by atoms with E-state index in [9.17, 15) is 9.59 Å². The number of rotatable bonds is 7. The minimum atomic E-state index is -0.695. The smallest absolute Gasteiger partial charge is 0.310 e. The Labute approximate surface area is 219 Å². The quantitative estimate of drug-likeness (QED) is 0.319. The minimum absolute atomic E-state index is 0.0190. The molecule has 36 heavy (non-hydrogen) atoms. The molecule has 0 N–H and O–H groups in total. The van der Waals surface area contributed by atoms with E-state index in [1.807, 2.05) is 12.1 Å². The molecule has 0 aromatic heterocycles. The van der Waals surface area contributed by atoms with Crippen molar-refractivity contribution in [2.75, 3.05) is 19.7 Å². The number of esters is 1. The van der Waals surface area contributed by atoms with Crippen molar-refractivity contribution in [2.24, 2.45) is 5.92 Å². The fourth-order valence-corrected chi connectivity index (χ4v) is 4.65. The van der Waals surface area contributed by atoms with E-state index >= 15 is 4.39 Å². The van der Waals surface area contributed by atoms with E-state index < -0.39 is 11.9 Å². The summed E-state index contributed by atoms with van der Waals surface area (Å²) in [6, 6.07) is 18.4. The average Bonchev–Trinajstić information content (AvgIpc) is 2.89. The van der Waals surface area contributed by atoms with Crippen LogP contribution in [0.5, 0.6) is 5.75 Å². The van der Waals surface area contributed by atoms with Gasteiger partial charge >= 0.3 is 5.97 Å². The molecule has 2 unspecified atom stereocenters. The van der Waals surface area contributed by atoms with Gasteiger partial charge in [-0.15, -0.1) is 0 Å². The summed E-state index contributed by atoms with van der Waals surface area (Å²) >= 11 is 12.5. The molecule has 0 saturated carbocycles. The Morgan fingerprint density at radius 2 is 1.83 bits per heavy atom. The van der Waals surface area contributed by atoms with Crippen molar-refractivity contribution < 1.29 is 23.5 Å². The van der Waals surface area contributed by atoms with E-state index in [1.165, 1.54) is 12.1 Å². The third-order valence-corrected chi connectivity index (χ3v) is 6.71. The Bertz CT molecular complexity index is 1230. The maximum Gasteiger partial charge on any atom is 0.310 e. The van der Waals surface area contributed by atoms with Crippen LogP contribution in [0.4, 0.5) is 4.39 Å². The van der Waals surface area contributed by atoms with Crippen LogP contribution in [0.1, 0.15) is 47.4 Å². The molecular formula is C28H26Cl2FNO4. The number of nitrogens with zero attached hydrogens (tertiary/aromatic N) is 1. The summed E-state index contributed by atoms with van der Waals surface area (Å²) in [7, 11) is 0. The molecule has 0 aliphatic carbocycles. The molecule has 5 nitrogen and oxygen atoms in total. The SMILES string of the molecule is CCOC(=O)C1CCCN(C(=O)c2ccc(OC(c3ccc(Cl)cc3)c3ccccc3Cl)c(F)c2)C1. The molecule has 0 bridgehead atoms. The summed E-state index contributed by atoms with van der Waals surface area (Å²) in [5.74, 6) is -1.71. The number of ether oxygens (including phenoxy) is 2. The van der Waals surface area contributed by atoms with Gasteiger partial charge in [0.15, 0.2) is 17.7 Å². The highest BCUT2D eigenvalue weighted by Gasteiger charge is 2.30. The lowest BCUT2D eigenvalue weighted by Crippen LogP contribution is -2.42. The number of halogens is 3. The number of piperidine rings is 1. The van der Waals surface area contributed by atoms with Crippen molar-refractivity contribution in [3.8, 4) is 5.75 Å². The molecule has 1 amide bonds. The molecule has 0 radical (unpaired) electrons. The summed E-state index contributed by atoms with van der Waals surface area (Å²) in [5, 5.41) is 1.04. The van der Waals surface area contributed by atoms with Gasteiger partial charge in [0.05, 0.1) is 12.5 Å². The zero-order chi connectivity index (χ0) is 25.7. The Morgan fingerprint density at radius 1 is 1.08 bits per heavy atom. The van der Waals surface area contributed by atoms with E-state index in [-0.39, 0.29) is 35.7 Å². The molecule has 1 aliphatic heterocycles. The Hall–Kier alpha value is -3.09. The number of hydrogen-bond donors (Lipinski definition) is 0. The van der Waals surface area contributed by atoms with Gasteiger partial charge in [0.2, 0.25) is 0 Å². The summed E-state index contributed by atoms with van der Waals surface area (Å²) < 4.78 is 26.4. The standard InChI is InChI=1S/C28H26Cl2FNO4/c1-2-35-28(34)20-6-5-15-32(17-20)27(33)19-11-14-25(24(31)16-19)36-26(18-9-12-21(29)13-10-18)22-7-3-4-8-23(22)30/h3-4,7-14,16,20,26H,2,5-6,15,17H2,1H3. The van der Waals surface area contributed by atoms with Crippen molar-refractivity contribution >= 4 is 35.1 Å². The monoisotopic (exact) mass is 529 g/mol. The Balaban J connectivity index is 1.56. The largest absolute Gasteiger partial charge is 0.478 e. The number of benzene rings is 3. The van der Waals surface area contributed by atoms with Gasteiger partial charge in [0, 0.05) is 34.3 Å². The lowest BCUT2D eigenvalue weighted by molar-refractivity contribution is -0.149. The van der Waals surface area contributed by atoms with E-state index in [4.69, 9.17) is 32.7 Å². The number of carbonyl (C=O) groups is 2. The van der Waals surface area contributed by atoms with Crippen molar-refractivity contribution in [1.29, 1.82) is 0 Å². The summed E-state index contributed by atoms with van der Waals surface area (Å²) in [4.78, 5) is 26.8. The molecule has 1 saturated heterocycles. The zero-order valence-corrected chi connectivity index (χ0v) is 21.3. The summed E-state index contributed by atoms with van der Waals surface area (Å²) in [6.07, 6.45) is 0.650. The highest BCUT2D eigenvalue weighted by molar-refractivity contribution is 6.31. The molecule has 0 spiro atoms. The van der Waals surface area contributed by atoms with Crippen molar-refractivity contribution in [3.63, 3.8) is 0 Å². The first-order chi connectivity index (χ1) is 17.4. The van der Waals surface area contributed by atoms with Gasteiger partial charge in [-0.2, -0.15) is 0 Å². The first kappa shape index (κ1) is 26.0. The fraction of sp³-hybridized carbons (Fsp3) is 0.286. The first-order valence-corrected chi connectivity index (χ1v) is 12.5. The van der Waals surface area contributed by atoms with Gasteiger partial charge in [-0.1, -0.05) is 53.5 Å². The van der Waals surface area contributed by atoms with Gasteiger partial charge in [0.1, 0.15) is 0 Å². The molecule has 188 valence electrons. The summed E-state index contributed by atoms with van der Waals surface area (Å²) in [5.41, 5.74) is 1.59. The number of carbonyl (C=O) groups excluding carboxylic acids is 2. The molecule has 1 fully saturated rings. The Morgan fingerprint density at radius 3 is 2.53 bits per heavy atom. The molecule has 1 heterocycles. The fourth-order valence-electron chi connectivity index (χ4n) is 4.29. The third kappa shape index (κ3) is 6.00. The number of likely N-dealkylation sites (tertiary alicyclic amines) is 1. The predicted molar refractivity (Wildman–Crippen MR) is 137 cm³/mol. The minimum Gasteiger partial charge on any atom is -0.478 e. The number of hydrogen-bond acceptors (Lipinski definition) is 4. The van der Waals surface area contributed by atoms with Gasteiger partial charge in [-0.3, -0.25) is 9.59 Å². The second-order valence-electron chi connectivity index (χ2n) is 8.56. The van der Waals surface area contributed by atoms with Crippen molar-refractivity contribution in [3.05, 3.63) is 99.3 Å². The topological polar surface area (TPSA) is 55.8 Å². The van der Waals surface area contributed by atoms with E-state index in [0.29, 0.717) is 41.6 Å². The second kappa shape index (κ2) is 11.8. The normalized spacial score (nSPS) is 16.3. The van der Waals surface area contributed by atoms with Crippen LogP contribution in [0.2, 0.25) is 10.0 Å². The Kier molecular flexibility index (Phi) is 8.49. The summed E-state index contributed by atoms with van der Waals surface area (Å²) in [6.45, 7) is 2.79. The van der Waals surface area contributed by atoms with Crippen LogP contribution in [0, 0.1) is 11.7 Å². The maximum absolute atomic E-state index is 15.2. The molecule has 8 heteroatoms.